The van der Waals surface area contributed by atoms with Crippen molar-refractivity contribution in [1.29, 1.82) is 0 Å². The summed E-state index contributed by atoms with van der Waals surface area (Å²) >= 11 is 6.26. The molecule has 6 nitrogen and oxygen atoms in total. The van der Waals surface area contributed by atoms with E-state index in [1.165, 1.54) is 0 Å². The van der Waals surface area contributed by atoms with Gasteiger partial charge in [0.1, 0.15) is 0 Å². The lowest BCUT2D eigenvalue weighted by atomic mass is 9.94. The summed E-state index contributed by atoms with van der Waals surface area (Å²) in [5.74, 6) is 0.642. The van der Waals surface area contributed by atoms with Gasteiger partial charge in [0.25, 0.3) is 0 Å². The van der Waals surface area contributed by atoms with Crippen LogP contribution in [0.4, 0.5) is 5.69 Å². The van der Waals surface area contributed by atoms with Gasteiger partial charge in [-0.3, -0.25) is 0 Å². The third-order valence-electron chi connectivity index (χ3n) is 3.63. The van der Waals surface area contributed by atoms with Crippen molar-refractivity contribution >= 4 is 17.3 Å². The Hall–Kier alpha value is -1.66. The lowest BCUT2D eigenvalue weighted by Gasteiger charge is -2.33. The Bertz CT molecular complexity index is 621. The van der Waals surface area contributed by atoms with E-state index in [1.807, 2.05) is 10.7 Å². The van der Waals surface area contributed by atoms with E-state index in [2.05, 4.69) is 22.4 Å². The molecular formula is C13H16ClN5O. The Labute approximate surface area is 121 Å². The predicted octanol–water partition coefficient (Wildman–Crippen LogP) is 2.10. The second-order valence-corrected chi connectivity index (χ2v) is 5.71. The molecule has 1 aromatic carbocycles. The van der Waals surface area contributed by atoms with Crippen molar-refractivity contribution in [2.45, 2.75) is 25.3 Å². The van der Waals surface area contributed by atoms with Gasteiger partial charge in [-0.1, -0.05) is 11.6 Å². The minimum atomic E-state index is -0.248. The van der Waals surface area contributed by atoms with Crippen LogP contribution in [0.3, 0.4) is 0 Å². The number of nitrogens with zero attached hydrogens (tertiary/aromatic N) is 4. The third kappa shape index (κ3) is 2.25. The van der Waals surface area contributed by atoms with Crippen LogP contribution in [0, 0.1) is 0 Å². The number of nitrogen functional groups attached to an aromatic ring is 1. The summed E-state index contributed by atoms with van der Waals surface area (Å²) in [6, 6.07) is 5.34. The Balaban J connectivity index is 2.05. The van der Waals surface area contributed by atoms with E-state index in [9.17, 15) is 0 Å². The molecule has 1 aliphatic heterocycles. The van der Waals surface area contributed by atoms with Crippen LogP contribution < -0.4 is 5.73 Å². The van der Waals surface area contributed by atoms with Gasteiger partial charge in [-0.25, -0.2) is 4.68 Å². The van der Waals surface area contributed by atoms with E-state index in [-0.39, 0.29) is 5.54 Å². The molecule has 1 fully saturated rings. The SMILES string of the molecule is CC1(n2nnnc2-c2ccc(N)cc2Cl)CCCOC1. The number of halogens is 1. The highest BCUT2D eigenvalue weighted by atomic mass is 35.5. The quantitative estimate of drug-likeness (QED) is 0.858. The van der Waals surface area contributed by atoms with Crippen molar-refractivity contribution < 1.29 is 4.74 Å². The number of ether oxygens (including phenoxy) is 1. The van der Waals surface area contributed by atoms with Crippen LogP contribution >= 0.6 is 11.6 Å². The van der Waals surface area contributed by atoms with Gasteiger partial charge < -0.3 is 10.5 Å². The maximum Gasteiger partial charge on any atom is 0.184 e. The zero-order valence-corrected chi connectivity index (χ0v) is 12.0. The largest absolute Gasteiger partial charge is 0.399 e. The molecule has 7 heteroatoms. The Morgan fingerprint density at radius 1 is 1.45 bits per heavy atom. The highest BCUT2D eigenvalue weighted by Gasteiger charge is 2.34. The van der Waals surface area contributed by atoms with E-state index < -0.39 is 0 Å². The predicted molar refractivity (Wildman–Crippen MR) is 76.4 cm³/mol. The van der Waals surface area contributed by atoms with Crippen molar-refractivity contribution in [3.8, 4) is 11.4 Å². The van der Waals surface area contributed by atoms with Gasteiger partial charge >= 0.3 is 0 Å². The smallest absolute Gasteiger partial charge is 0.184 e. The number of aromatic nitrogens is 4. The number of hydrogen-bond acceptors (Lipinski definition) is 5. The number of benzene rings is 1. The van der Waals surface area contributed by atoms with E-state index >= 15 is 0 Å². The molecule has 0 radical (unpaired) electrons. The first kappa shape index (κ1) is 13.3. The molecule has 3 rings (SSSR count). The topological polar surface area (TPSA) is 78.9 Å². The molecule has 1 unspecified atom stereocenters. The second kappa shape index (κ2) is 5.03. The summed E-state index contributed by atoms with van der Waals surface area (Å²) in [4.78, 5) is 0. The van der Waals surface area contributed by atoms with Gasteiger partial charge in [0.05, 0.1) is 17.2 Å². The average Bonchev–Trinajstić information content (AvgIpc) is 2.89. The molecule has 0 saturated carbocycles. The summed E-state index contributed by atoms with van der Waals surface area (Å²) in [7, 11) is 0. The molecule has 2 heterocycles. The fourth-order valence-electron chi connectivity index (χ4n) is 2.52. The first-order valence-electron chi connectivity index (χ1n) is 6.52. The van der Waals surface area contributed by atoms with Crippen molar-refractivity contribution in [1.82, 2.24) is 20.2 Å². The molecule has 0 amide bonds. The number of anilines is 1. The van der Waals surface area contributed by atoms with Gasteiger partial charge in [0.15, 0.2) is 5.82 Å². The number of hydrogen-bond donors (Lipinski definition) is 1. The molecular weight excluding hydrogens is 278 g/mol. The summed E-state index contributed by atoms with van der Waals surface area (Å²) < 4.78 is 7.39. The maximum absolute atomic E-state index is 6.26. The average molecular weight is 294 g/mol. The van der Waals surface area contributed by atoms with Gasteiger partial charge in [-0.05, 0) is 48.4 Å². The third-order valence-corrected chi connectivity index (χ3v) is 3.94. The van der Waals surface area contributed by atoms with Crippen molar-refractivity contribution in [2.24, 2.45) is 0 Å². The monoisotopic (exact) mass is 293 g/mol. The molecule has 2 N–H and O–H groups in total. The highest BCUT2D eigenvalue weighted by molar-refractivity contribution is 6.33. The van der Waals surface area contributed by atoms with Gasteiger partial charge in [-0.2, -0.15) is 0 Å². The molecule has 106 valence electrons. The van der Waals surface area contributed by atoms with Crippen molar-refractivity contribution in [3.05, 3.63) is 23.2 Å². The zero-order chi connectivity index (χ0) is 14.2. The number of tetrazole rings is 1. The summed E-state index contributed by atoms with van der Waals surface area (Å²) in [5, 5.41) is 12.6. The minimum absolute atomic E-state index is 0.248. The van der Waals surface area contributed by atoms with Crippen LogP contribution in [0.15, 0.2) is 18.2 Å². The normalized spacial score (nSPS) is 22.9. The lowest BCUT2D eigenvalue weighted by Crippen LogP contribution is -2.40. The van der Waals surface area contributed by atoms with Gasteiger partial charge in [0.2, 0.25) is 0 Å². The summed E-state index contributed by atoms with van der Waals surface area (Å²) in [5.41, 5.74) is 6.87. The summed E-state index contributed by atoms with van der Waals surface area (Å²) in [6.07, 6.45) is 1.96. The minimum Gasteiger partial charge on any atom is -0.399 e. The van der Waals surface area contributed by atoms with Crippen molar-refractivity contribution in [2.75, 3.05) is 18.9 Å². The van der Waals surface area contributed by atoms with Gasteiger partial charge in [-0.15, -0.1) is 5.10 Å². The lowest BCUT2D eigenvalue weighted by molar-refractivity contribution is 0.00348. The van der Waals surface area contributed by atoms with E-state index in [0.29, 0.717) is 23.1 Å². The van der Waals surface area contributed by atoms with Crippen LogP contribution in [0.2, 0.25) is 5.02 Å². The van der Waals surface area contributed by atoms with Crippen LogP contribution in [0.25, 0.3) is 11.4 Å². The molecule has 0 spiro atoms. The van der Waals surface area contributed by atoms with E-state index in [0.717, 1.165) is 25.0 Å². The molecule has 0 aliphatic carbocycles. The van der Waals surface area contributed by atoms with Gasteiger partial charge in [0, 0.05) is 17.9 Å². The van der Waals surface area contributed by atoms with Crippen LogP contribution in [-0.2, 0) is 10.3 Å². The van der Waals surface area contributed by atoms with Crippen molar-refractivity contribution in [3.63, 3.8) is 0 Å². The first-order valence-corrected chi connectivity index (χ1v) is 6.90. The fourth-order valence-corrected chi connectivity index (χ4v) is 2.79. The first-order chi connectivity index (χ1) is 9.60. The Kier molecular flexibility index (Phi) is 3.35. The molecule has 20 heavy (non-hydrogen) atoms. The number of nitrogens with two attached hydrogens (primary N) is 1. The van der Waals surface area contributed by atoms with Crippen LogP contribution in [0.1, 0.15) is 19.8 Å². The summed E-state index contributed by atoms with van der Waals surface area (Å²) in [6.45, 7) is 3.48. The van der Waals surface area contributed by atoms with Crippen LogP contribution in [-0.4, -0.2) is 33.4 Å². The molecule has 1 saturated heterocycles. The zero-order valence-electron chi connectivity index (χ0n) is 11.2. The highest BCUT2D eigenvalue weighted by Crippen LogP contribution is 2.33. The fraction of sp³-hybridized carbons (Fsp3) is 0.462. The molecule has 1 aliphatic rings. The maximum atomic E-state index is 6.26. The second-order valence-electron chi connectivity index (χ2n) is 5.31. The molecule has 1 atom stereocenters. The van der Waals surface area contributed by atoms with E-state index in [4.69, 9.17) is 22.1 Å². The molecule has 2 aromatic rings. The molecule has 0 bridgehead atoms. The Morgan fingerprint density at radius 2 is 2.30 bits per heavy atom. The molecule has 1 aromatic heterocycles. The number of rotatable bonds is 2. The Morgan fingerprint density at radius 3 is 3.00 bits per heavy atom. The van der Waals surface area contributed by atoms with E-state index in [1.54, 1.807) is 12.1 Å². The standard InChI is InChI=1S/C13H16ClN5O/c1-13(5-2-6-20-8-13)19-12(16-17-18-19)10-4-3-9(15)7-11(10)14/h3-4,7H,2,5-6,8,15H2,1H3. The van der Waals surface area contributed by atoms with Crippen LogP contribution in [0.5, 0.6) is 0 Å².